The topological polar surface area (TPSA) is 69.6 Å². The van der Waals surface area contributed by atoms with Gasteiger partial charge in [0.05, 0.1) is 18.8 Å². The third kappa shape index (κ3) is 59.0. The van der Waals surface area contributed by atoms with Crippen LogP contribution < -0.4 is 5.32 Å². The molecule has 3 N–H and O–H groups in total. The second-order valence-corrected chi connectivity index (χ2v) is 20.0. The van der Waals surface area contributed by atoms with E-state index in [-0.39, 0.29) is 12.5 Å². The maximum absolute atomic E-state index is 12.5. The van der Waals surface area contributed by atoms with Gasteiger partial charge in [0, 0.05) is 6.42 Å². The lowest BCUT2D eigenvalue weighted by molar-refractivity contribution is -0.123. The zero-order valence-electron chi connectivity index (χ0n) is 47.6. The van der Waals surface area contributed by atoms with E-state index in [1.807, 2.05) is 6.08 Å². The van der Waals surface area contributed by atoms with Crippen molar-refractivity contribution in [2.75, 3.05) is 6.61 Å². The van der Waals surface area contributed by atoms with Crippen LogP contribution in [-0.2, 0) is 4.79 Å². The summed E-state index contributed by atoms with van der Waals surface area (Å²) in [5, 5.41) is 23.2. The van der Waals surface area contributed by atoms with Crippen molar-refractivity contribution in [3.63, 3.8) is 0 Å². The molecule has 414 valence electrons. The maximum atomic E-state index is 12.5. The monoisotopic (exact) mass is 1010 g/mol. The summed E-state index contributed by atoms with van der Waals surface area (Å²) >= 11 is 0. The van der Waals surface area contributed by atoms with Gasteiger partial charge in [-0.1, -0.05) is 295 Å². The number of carbonyl (C=O) groups is 1. The average Bonchev–Trinajstić information content (AvgIpc) is 3.40. The highest BCUT2D eigenvalue weighted by atomic mass is 16.3. The molecule has 0 bridgehead atoms. The molecule has 0 heterocycles. The summed E-state index contributed by atoms with van der Waals surface area (Å²) < 4.78 is 0. The molecule has 1 amide bonds. The molecule has 0 saturated heterocycles. The molecule has 0 radical (unpaired) electrons. The van der Waals surface area contributed by atoms with Gasteiger partial charge < -0.3 is 15.5 Å². The Hall–Kier alpha value is -3.73. The van der Waals surface area contributed by atoms with Crippen LogP contribution in [0.5, 0.6) is 0 Å². The number of aliphatic hydroxyl groups is 2. The van der Waals surface area contributed by atoms with E-state index in [4.69, 9.17) is 0 Å². The first-order valence-corrected chi connectivity index (χ1v) is 30.5. The Morgan fingerprint density at radius 3 is 0.959 bits per heavy atom. The van der Waals surface area contributed by atoms with E-state index in [2.05, 4.69) is 153 Å². The van der Waals surface area contributed by atoms with Crippen LogP contribution in [-0.4, -0.2) is 34.9 Å². The highest BCUT2D eigenvalue weighted by molar-refractivity contribution is 5.76. The Kier molecular flexibility index (Phi) is 59.4. The fourth-order valence-corrected chi connectivity index (χ4v) is 8.46. The SMILES string of the molecule is CC/C=C\C/C=C\C/C=C\C/C=C\C/C=C\C/C=C\C/C=C\C/C=C\C/C=C\C/C=C\CCCCCCCCCCCCC(=O)NC(CO)C(O)/C=C/CC/C=C/CCCCCCCCCCCCCCCC. The van der Waals surface area contributed by atoms with Crippen LogP contribution in [0.3, 0.4) is 0 Å². The van der Waals surface area contributed by atoms with E-state index in [0.717, 1.165) is 103 Å². The van der Waals surface area contributed by atoms with E-state index in [9.17, 15) is 15.0 Å². The van der Waals surface area contributed by atoms with E-state index in [1.54, 1.807) is 6.08 Å². The van der Waals surface area contributed by atoms with Gasteiger partial charge in [-0.3, -0.25) is 4.79 Å². The van der Waals surface area contributed by atoms with Crippen molar-refractivity contribution in [1.82, 2.24) is 5.32 Å². The number of hydrogen-bond acceptors (Lipinski definition) is 3. The highest BCUT2D eigenvalue weighted by Gasteiger charge is 2.18. The number of rotatable bonds is 54. The van der Waals surface area contributed by atoms with Crippen molar-refractivity contribution in [3.05, 3.63) is 146 Å². The first-order valence-electron chi connectivity index (χ1n) is 30.5. The van der Waals surface area contributed by atoms with Crippen LogP contribution in [0.15, 0.2) is 146 Å². The zero-order valence-corrected chi connectivity index (χ0v) is 47.6. The number of allylic oxidation sites excluding steroid dienone is 23. The molecular weight excluding hydrogens is 891 g/mol. The van der Waals surface area contributed by atoms with Crippen molar-refractivity contribution in [2.45, 2.75) is 276 Å². The van der Waals surface area contributed by atoms with Crippen molar-refractivity contribution >= 4 is 5.91 Å². The Morgan fingerprint density at radius 2 is 0.616 bits per heavy atom. The van der Waals surface area contributed by atoms with Crippen molar-refractivity contribution in [3.8, 4) is 0 Å². The van der Waals surface area contributed by atoms with E-state index >= 15 is 0 Å². The summed E-state index contributed by atoms with van der Waals surface area (Å²) in [6.45, 7) is 4.18. The molecule has 0 aromatic heterocycles. The van der Waals surface area contributed by atoms with Crippen molar-refractivity contribution in [2.24, 2.45) is 0 Å². The molecule has 73 heavy (non-hydrogen) atoms. The smallest absolute Gasteiger partial charge is 0.220 e. The number of hydrogen-bond donors (Lipinski definition) is 3. The minimum absolute atomic E-state index is 0.0829. The summed E-state index contributed by atoms with van der Waals surface area (Å²) in [5.41, 5.74) is 0. The molecule has 0 fully saturated rings. The molecule has 4 heteroatoms. The van der Waals surface area contributed by atoms with Crippen molar-refractivity contribution in [1.29, 1.82) is 0 Å². The molecule has 0 rings (SSSR count). The molecule has 0 aliphatic heterocycles. The summed E-state index contributed by atoms with van der Waals surface area (Å²) in [7, 11) is 0. The lowest BCUT2D eigenvalue weighted by atomic mass is 10.0. The number of amides is 1. The quantitative estimate of drug-likeness (QED) is 0.0420. The second-order valence-electron chi connectivity index (χ2n) is 20.0. The Morgan fingerprint density at radius 1 is 0.342 bits per heavy atom. The van der Waals surface area contributed by atoms with Gasteiger partial charge in [0.2, 0.25) is 5.91 Å². The van der Waals surface area contributed by atoms with Crippen LogP contribution in [0.1, 0.15) is 264 Å². The minimum atomic E-state index is -0.874. The fourth-order valence-electron chi connectivity index (χ4n) is 8.46. The van der Waals surface area contributed by atoms with Crippen LogP contribution >= 0.6 is 0 Å². The fraction of sp³-hybridized carbons (Fsp3) is 0.638. The Bertz CT molecular complexity index is 1510. The first kappa shape index (κ1) is 69.3. The maximum Gasteiger partial charge on any atom is 0.220 e. The normalized spacial score (nSPS) is 13.9. The van der Waals surface area contributed by atoms with Gasteiger partial charge in [-0.15, -0.1) is 0 Å². The molecule has 0 saturated carbocycles. The van der Waals surface area contributed by atoms with Gasteiger partial charge in [0.25, 0.3) is 0 Å². The molecule has 0 aliphatic carbocycles. The minimum Gasteiger partial charge on any atom is -0.394 e. The van der Waals surface area contributed by atoms with E-state index in [0.29, 0.717) is 6.42 Å². The molecule has 0 aromatic rings. The molecular formula is C69H115NO3. The lowest BCUT2D eigenvalue weighted by Crippen LogP contribution is -2.45. The molecule has 0 aromatic carbocycles. The predicted molar refractivity (Wildman–Crippen MR) is 326 cm³/mol. The zero-order chi connectivity index (χ0) is 52.7. The lowest BCUT2D eigenvalue weighted by Gasteiger charge is -2.19. The summed E-state index contributed by atoms with van der Waals surface area (Å²) in [4.78, 5) is 12.5. The molecule has 2 unspecified atom stereocenters. The van der Waals surface area contributed by atoms with Crippen LogP contribution in [0, 0.1) is 0 Å². The second kappa shape index (κ2) is 62.6. The Balaban J connectivity index is 3.63. The largest absolute Gasteiger partial charge is 0.394 e. The number of nitrogens with one attached hydrogen (secondary N) is 1. The number of unbranched alkanes of at least 4 members (excludes halogenated alkanes) is 25. The van der Waals surface area contributed by atoms with Gasteiger partial charge in [-0.2, -0.15) is 0 Å². The summed E-state index contributed by atoms with van der Waals surface area (Å²) in [6.07, 6.45) is 98.7. The number of aliphatic hydroxyl groups excluding tert-OH is 2. The predicted octanol–water partition coefficient (Wildman–Crippen LogP) is 20.8. The van der Waals surface area contributed by atoms with Gasteiger partial charge in [-0.05, 0) is 109 Å². The Labute approximate surface area is 453 Å². The average molecular weight is 1010 g/mol. The summed E-state index contributed by atoms with van der Waals surface area (Å²) in [6, 6.07) is -0.652. The van der Waals surface area contributed by atoms with E-state index < -0.39 is 12.1 Å². The molecule has 0 spiro atoms. The molecule has 2 atom stereocenters. The van der Waals surface area contributed by atoms with Gasteiger partial charge in [0.15, 0.2) is 0 Å². The number of carbonyl (C=O) groups excluding carboxylic acids is 1. The molecule has 4 nitrogen and oxygen atoms in total. The summed E-state index contributed by atoms with van der Waals surface area (Å²) in [5.74, 6) is -0.0829. The first-order chi connectivity index (χ1) is 36.2. The van der Waals surface area contributed by atoms with Crippen molar-refractivity contribution < 1.29 is 15.0 Å². The highest BCUT2D eigenvalue weighted by Crippen LogP contribution is 2.15. The van der Waals surface area contributed by atoms with Gasteiger partial charge >= 0.3 is 0 Å². The van der Waals surface area contributed by atoms with Crippen LogP contribution in [0.4, 0.5) is 0 Å². The third-order valence-electron chi connectivity index (χ3n) is 13.1. The third-order valence-corrected chi connectivity index (χ3v) is 13.1. The van der Waals surface area contributed by atoms with Crippen LogP contribution in [0.25, 0.3) is 0 Å². The van der Waals surface area contributed by atoms with Gasteiger partial charge in [0.1, 0.15) is 0 Å². The standard InChI is InChI=1S/C69H115NO3/c1-3-5-7-9-11-13-15-17-19-21-23-25-26-27-28-29-30-31-32-33-34-35-36-37-38-39-40-41-42-43-44-45-47-49-51-53-55-57-59-61-63-65-69(73)70-67(66-71)68(72)64-62-60-58-56-54-52-50-48-46-24-22-20-18-16-14-12-10-8-6-4-2/h5,7,11,13,17,19,23,25,27-28,30-31,33-34,36-37,39-40,42-43,54,56,62,64,67-68,71-72H,3-4,6,8-10,12,14-16,18,20-22,24,26,29,32,35,38,41,44-53,55,57-61,63,65-66H2,1-2H3,(H,70,73)/b7-5-,13-11-,19-17-,25-23-,28-27-,31-30-,34-33-,37-36-,40-39-,43-42-,56-54+,64-62+. The molecule has 0 aliphatic rings. The van der Waals surface area contributed by atoms with Gasteiger partial charge in [-0.25, -0.2) is 0 Å². The van der Waals surface area contributed by atoms with Crippen LogP contribution in [0.2, 0.25) is 0 Å². The van der Waals surface area contributed by atoms with E-state index in [1.165, 1.54) is 141 Å².